The second kappa shape index (κ2) is 3.10. The Kier molecular flexibility index (Phi) is 2.38. The van der Waals surface area contributed by atoms with Crippen molar-refractivity contribution in [3.8, 4) is 0 Å². The van der Waals surface area contributed by atoms with E-state index in [1.54, 1.807) is 11.9 Å². The standard InChI is InChI=1S/C5H11N3S/c1-2-3-5-4-7-8(6)9-5/h4,7H,2-3,6H2,1H3. The Hall–Kier alpha value is -0.190. The van der Waals surface area contributed by atoms with Gasteiger partial charge in [0.15, 0.2) is 0 Å². The van der Waals surface area contributed by atoms with E-state index in [-0.39, 0.29) is 0 Å². The van der Waals surface area contributed by atoms with Crippen molar-refractivity contribution in [1.82, 2.24) is 9.95 Å². The van der Waals surface area contributed by atoms with Gasteiger partial charge in [-0.05, 0) is 18.4 Å². The molecule has 0 aliphatic carbocycles. The van der Waals surface area contributed by atoms with Gasteiger partial charge >= 0.3 is 0 Å². The summed E-state index contributed by atoms with van der Waals surface area (Å²) < 4.78 is 1.50. The highest BCUT2D eigenvalue weighted by molar-refractivity contribution is 8.00. The van der Waals surface area contributed by atoms with Crippen molar-refractivity contribution in [2.75, 3.05) is 0 Å². The van der Waals surface area contributed by atoms with Crippen LogP contribution in [0.2, 0.25) is 0 Å². The van der Waals surface area contributed by atoms with Gasteiger partial charge in [0.1, 0.15) is 0 Å². The van der Waals surface area contributed by atoms with Gasteiger partial charge in [0.2, 0.25) is 0 Å². The van der Waals surface area contributed by atoms with Crippen molar-refractivity contribution in [3.05, 3.63) is 11.1 Å². The maximum atomic E-state index is 5.39. The van der Waals surface area contributed by atoms with Crippen molar-refractivity contribution < 1.29 is 0 Å². The third-order valence-electron chi connectivity index (χ3n) is 1.06. The molecule has 0 atom stereocenters. The predicted octanol–water partition coefficient (Wildman–Crippen LogP) is 0.970. The average molecular weight is 145 g/mol. The molecule has 0 unspecified atom stereocenters. The topological polar surface area (TPSA) is 41.3 Å². The van der Waals surface area contributed by atoms with Crippen molar-refractivity contribution >= 4 is 11.9 Å². The number of hydrazine groups is 2. The third-order valence-corrected chi connectivity index (χ3v) is 1.92. The molecule has 1 rings (SSSR count). The third kappa shape index (κ3) is 1.89. The lowest BCUT2D eigenvalue weighted by atomic mass is 10.3. The first-order valence-corrected chi connectivity index (χ1v) is 3.78. The molecule has 3 N–H and O–H groups in total. The molecule has 9 heavy (non-hydrogen) atoms. The zero-order valence-corrected chi connectivity index (χ0v) is 6.24. The van der Waals surface area contributed by atoms with E-state index < -0.39 is 0 Å². The van der Waals surface area contributed by atoms with E-state index in [1.165, 1.54) is 15.8 Å². The maximum absolute atomic E-state index is 5.39. The predicted molar refractivity (Wildman–Crippen MR) is 39.7 cm³/mol. The summed E-state index contributed by atoms with van der Waals surface area (Å²) in [4.78, 5) is 1.31. The molecule has 0 saturated heterocycles. The molecule has 1 aliphatic heterocycles. The molecule has 0 aromatic heterocycles. The number of nitrogens with one attached hydrogen (secondary N) is 1. The van der Waals surface area contributed by atoms with E-state index in [0.717, 1.165) is 6.42 Å². The highest BCUT2D eigenvalue weighted by Gasteiger charge is 2.08. The lowest BCUT2D eigenvalue weighted by molar-refractivity contribution is 0.440. The minimum Gasteiger partial charge on any atom is -0.302 e. The minimum absolute atomic E-state index is 1.12. The molecule has 1 heterocycles. The fourth-order valence-corrected chi connectivity index (χ4v) is 1.44. The quantitative estimate of drug-likeness (QED) is 0.449. The van der Waals surface area contributed by atoms with Crippen LogP contribution in [-0.4, -0.2) is 4.52 Å². The molecular weight excluding hydrogens is 134 g/mol. The van der Waals surface area contributed by atoms with Crippen LogP contribution < -0.4 is 11.3 Å². The normalized spacial score (nSPS) is 19.6. The van der Waals surface area contributed by atoms with Crippen LogP contribution in [0.4, 0.5) is 0 Å². The molecular formula is C5H11N3S. The number of nitrogens with two attached hydrogens (primary N) is 1. The lowest BCUT2D eigenvalue weighted by Gasteiger charge is -2.04. The summed E-state index contributed by atoms with van der Waals surface area (Å²) in [5.41, 5.74) is 2.87. The fraction of sp³-hybridized carbons (Fsp3) is 0.600. The SMILES string of the molecule is CCCC1=CNN(N)S1. The van der Waals surface area contributed by atoms with Crippen LogP contribution in [0.25, 0.3) is 0 Å². The second-order valence-corrected chi connectivity index (χ2v) is 3.01. The molecule has 4 heteroatoms. The van der Waals surface area contributed by atoms with Crippen LogP contribution in [0.3, 0.4) is 0 Å². The Morgan fingerprint density at radius 2 is 2.67 bits per heavy atom. The molecule has 52 valence electrons. The molecule has 0 aromatic carbocycles. The van der Waals surface area contributed by atoms with E-state index in [1.807, 2.05) is 6.20 Å². The number of rotatable bonds is 2. The van der Waals surface area contributed by atoms with Crippen LogP contribution in [0.15, 0.2) is 11.1 Å². The summed E-state index contributed by atoms with van der Waals surface area (Å²) in [6, 6.07) is 0. The summed E-state index contributed by atoms with van der Waals surface area (Å²) in [6.45, 7) is 2.15. The zero-order chi connectivity index (χ0) is 6.69. The Bertz CT molecular complexity index is 123. The highest BCUT2D eigenvalue weighted by atomic mass is 32.2. The molecule has 0 amide bonds. The number of allylic oxidation sites excluding steroid dienone is 1. The van der Waals surface area contributed by atoms with E-state index in [4.69, 9.17) is 5.84 Å². The van der Waals surface area contributed by atoms with Crippen molar-refractivity contribution in [2.45, 2.75) is 19.8 Å². The van der Waals surface area contributed by atoms with Gasteiger partial charge in [-0.15, -0.1) is 0 Å². The van der Waals surface area contributed by atoms with E-state index >= 15 is 0 Å². The van der Waals surface area contributed by atoms with Crippen LogP contribution in [0.1, 0.15) is 19.8 Å². The van der Waals surface area contributed by atoms with Crippen LogP contribution in [-0.2, 0) is 0 Å². The second-order valence-electron chi connectivity index (χ2n) is 1.91. The molecule has 0 spiro atoms. The van der Waals surface area contributed by atoms with Gasteiger partial charge in [-0.3, -0.25) is 0 Å². The maximum Gasteiger partial charge on any atom is 0.0260 e. The van der Waals surface area contributed by atoms with E-state index in [2.05, 4.69) is 12.3 Å². The number of nitrogens with zero attached hydrogens (tertiary/aromatic N) is 1. The van der Waals surface area contributed by atoms with Crippen molar-refractivity contribution in [3.63, 3.8) is 0 Å². The largest absolute Gasteiger partial charge is 0.302 e. The summed E-state index contributed by atoms with van der Waals surface area (Å²) in [6.07, 6.45) is 4.23. The highest BCUT2D eigenvalue weighted by Crippen LogP contribution is 2.24. The van der Waals surface area contributed by atoms with E-state index in [9.17, 15) is 0 Å². The van der Waals surface area contributed by atoms with Gasteiger partial charge in [-0.1, -0.05) is 17.9 Å². The number of hydrogen-bond donors (Lipinski definition) is 2. The first-order chi connectivity index (χ1) is 4.33. The summed E-state index contributed by atoms with van der Waals surface area (Å²) in [7, 11) is 0. The van der Waals surface area contributed by atoms with Crippen LogP contribution in [0, 0.1) is 0 Å². The first-order valence-electron chi connectivity index (χ1n) is 3.01. The smallest absolute Gasteiger partial charge is 0.0260 e. The molecule has 0 aromatic rings. The van der Waals surface area contributed by atoms with Crippen molar-refractivity contribution in [2.24, 2.45) is 5.84 Å². The zero-order valence-electron chi connectivity index (χ0n) is 5.42. The Labute approximate surface area is 59.4 Å². The Morgan fingerprint density at radius 3 is 3.11 bits per heavy atom. The summed E-state index contributed by atoms with van der Waals surface area (Å²) in [5.74, 6) is 5.39. The van der Waals surface area contributed by atoms with Gasteiger partial charge in [-0.2, -0.15) is 0 Å². The van der Waals surface area contributed by atoms with Gasteiger partial charge in [-0.25, -0.2) is 5.84 Å². The average Bonchev–Trinajstić information content (AvgIpc) is 2.17. The molecule has 1 aliphatic rings. The first kappa shape index (κ1) is 6.92. The molecule has 0 fully saturated rings. The summed E-state index contributed by atoms with van der Waals surface area (Å²) >= 11 is 1.55. The van der Waals surface area contributed by atoms with Gasteiger partial charge in [0.05, 0.1) is 0 Å². The van der Waals surface area contributed by atoms with Gasteiger partial charge in [0, 0.05) is 11.1 Å². The molecule has 3 nitrogen and oxygen atoms in total. The van der Waals surface area contributed by atoms with Gasteiger partial charge in [0.25, 0.3) is 0 Å². The van der Waals surface area contributed by atoms with Crippen molar-refractivity contribution in [1.29, 1.82) is 0 Å². The minimum atomic E-state index is 1.12. The lowest BCUT2D eigenvalue weighted by Crippen LogP contribution is -2.30. The monoisotopic (exact) mass is 145 g/mol. The van der Waals surface area contributed by atoms with Crippen LogP contribution >= 0.6 is 11.9 Å². The molecule has 0 saturated carbocycles. The van der Waals surface area contributed by atoms with Crippen LogP contribution in [0.5, 0.6) is 0 Å². The number of hydrogen-bond acceptors (Lipinski definition) is 4. The molecule has 0 radical (unpaired) electrons. The fourth-order valence-electron chi connectivity index (χ4n) is 0.679. The Morgan fingerprint density at radius 1 is 1.89 bits per heavy atom. The van der Waals surface area contributed by atoms with E-state index in [0.29, 0.717) is 0 Å². The van der Waals surface area contributed by atoms with Gasteiger partial charge < -0.3 is 5.43 Å². The summed E-state index contributed by atoms with van der Waals surface area (Å²) in [5, 5.41) is 0. The molecule has 0 bridgehead atoms. The Balaban J connectivity index is 2.27.